The molecule has 1 unspecified atom stereocenters. The molecule has 1 amide bonds. The van der Waals surface area contributed by atoms with E-state index in [9.17, 15) is 4.79 Å². The second-order valence-electron chi connectivity index (χ2n) is 4.60. The lowest BCUT2D eigenvalue weighted by Crippen LogP contribution is -2.19. The van der Waals surface area contributed by atoms with Crippen molar-refractivity contribution in [2.75, 3.05) is 18.5 Å². The van der Waals surface area contributed by atoms with E-state index in [2.05, 4.69) is 5.32 Å². The van der Waals surface area contributed by atoms with Crippen LogP contribution >= 0.6 is 11.6 Å². The summed E-state index contributed by atoms with van der Waals surface area (Å²) in [6.45, 7) is 0.403. The first kappa shape index (κ1) is 16.3. The summed E-state index contributed by atoms with van der Waals surface area (Å²) in [5.74, 6) is 0. The maximum atomic E-state index is 11.5. The Morgan fingerprint density at radius 1 is 1.00 bits per heavy atom. The van der Waals surface area contributed by atoms with Crippen molar-refractivity contribution in [2.24, 2.45) is 0 Å². The van der Waals surface area contributed by atoms with Crippen LogP contribution in [0.5, 0.6) is 0 Å². The molecular formula is C17H18ClNO3. The third-order valence-corrected chi connectivity index (χ3v) is 3.15. The molecule has 2 aromatic rings. The minimum atomic E-state index is -0.510. The third kappa shape index (κ3) is 6.16. The average molecular weight is 320 g/mol. The zero-order valence-electron chi connectivity index (χ0n) is 12.1. The Kier molecular flexibility index (Phi) is 6.74. The number of anilines is 1. The molecule has 2 aromatic carbocycles. The van der Waals surface area contributed by atoms with E-state index in [1.807, 2.05) is 48.5 Å². The lowest BCUT2D eigenvalue weighted by Gasteiger charge is -2.12. The maximum absolute atomic E-state index is 11.5. The van der Waals surface area contributed by atoms with Crippen molar-refractivity contribution in [3.63, 3.8) is 0 Å². The third-order valence-electron chi connectivity index (χ3n) is 2.87. The zero-order chi connectivity index (χ0) is 15.6. The minimum absolute atomic E-state index is 0.149. The summed E-state index contributed by atoms with van der Waals surface area (Å²) in [5.41, 5.74) is 1.35. The summed E-state index contributed by atoms with van der Waals surface area (Å²) in [5, 5.41) is 2.62. The van der Waals surface area contributed by atoms with Crippen molar-refractivity contribution < 1.29 is 14.3 Å². The Labute approximate surface area is 135 Å². The minimum Gasteiger partial charge on any atom is -0.447 e. The highest BCUT2D eigenvalue weighted by atomic mass is 35.5. The molecule has 0 saturated carbocycles. The highest BCUT2D eigenvalue weighted by Crippen LogP contribution is 2.09. The molecule has 0 fully saturated rings. The topological polar surface area (TPSA) is 47.6 Å². The Balaban J connectivity index is 1.59. The van der Waals surface area contributed by atoms with Crippen molar-refractivity contribution in [1.82, 2.24) is 0 Å². The van der Waals surface area contributed by atoms with Gasteiger partial charge >= 0.3 is 6.09 Å². The fraction of sp³-hybridized carbons (Fsp3) is 0.235. The van der Waals surface area contributed by atoms with Crippen LogP contribution in [0.2, 0.25) is 0 Å². The van der Waals surface area contributed by atoms with E-state index >= 15 is 0 Å². The molecule has 0 aliphatic heterocycles. The van der Waals surface area contributed by atoms with Crippen molar-refractivity contribution in [3.8, 4) is 0 Å². The molecule has 0 aromatic heterocycles. The molecule has 4 nitrogen and oxygen atoms in total. The first-order valence-corrected chi connectivity index (χ1v) is 7.46. The van der Waals surface area contributed by atoms with Gasteiger partial charge in [-0.2, -0.15) is 0 Å². The standard InChI is InChI=1S/C17H18ClNO3/c18-16(13-14-7-3-1-4-8-14)21-11-12-22-17(20)19-15-9-5-2-6-10-15/h1-10,16H,11-13H2,(H,19,20). The fourth-order valence-electron chi connectivity index (χ4n) is 1.84. The van der Waals surface area contributed by atoms with Crippen molar-refractivity contribution >= 4 is 23.4 Å². The summed E-state index contributed by atoms with van der Waals surface area (Å²) in [4.78, 5) is 11.5. The van der Waals surface area contributed by atoms with Crippen LogP contribution in [0.1, 0.15) is 5.56 Å². The number of alkyl halides is 1. The van der Waals surface area contributed by atoms with Crippen LogP contribution in [0.25, 0.3) is 0 Å². The van der Waals surface area contributed by atoms with E-state index in [0.717, 1.165) is 5.56 Å². The van der Waals surface area contributed by atoms with Gasteiger partial charge in [-0.05, 0) is 17.7 Å². The molecule has 0 saturated heterocycles. The SMILES string of the molecule is O=C(Nc1ccccc1)OCCOC(Cl)Cc1ccccc1. The molecule has 0 aliphatic rings. The molecule has 0 bridgehead atoms. The van der Waals surface area contributed by atoms with Gasteiger partial charge in [0.05, 0.1) is 6.61 Å². The van der Waals surface area contributed by atoms with Crippen molar-refractivity contribution in [3.05, 3.63) is 66.2 Å². The Morgan fingerprint density at radius 2 is 1.64 bits per heavy atom. The molecule has 22 heavy (non-hydrogen) atoms. The van der Waals surface area contributed by atoms with Gasteiger partial charge in [0.2, 0.25) is 0 Å². The first-order valence-electron chi connectivity index (χ1n) is 7.02. The summed E-state index contributed by atoms with van der Waals surface area (Å²) in [6.07, 6.45) is 0.0995. The number of hydrogen-bond donors (Lipinski definition) is 1. The number of rotatable bonds is 7. The Morgan fingerprint density at radius 3 is 2.32 bits per heavy atom. The highest BCUT2D eigenvalue weighted by molar-refractivity contribution is 6.19. The van der Waals surface area contributed by atoms with Crippen LogP contribution in [0.3, 0.4) is 0 Å². The first-order chi connectivity index (χ1) is 10.7. The van der Waals surface area contributed by atoms with Gasteiger partial charge in [-0.3, -0.25) is 5.32 Å². The summed E-state index contributed by atoms with van der Waals surface area (Å²) < 4.78 is 10.4. The van der Waals surface area contributed by atoms with Crippen molar-refractivity contribution in [2.45, 2.75) is 12.0 Å². The molecule has 1 atom stereocenters. The molecule has 0 aliphatic carbocycles. The number of hydrogen-bond acceptors (Lipinski definition) is 3. The quantitative estimate of drug-likeness (QED) is 0.618. The molecular weight excluding hydrogens is 302 g/mol. The van der Waals surface area contributed by atoms with Gasteiger partial charge in [-0.15, -0.1) is 0 Å². The van der Waals surface area contributed by atoms with Crippen LogP contribution in [0.15, 0.2) is 60.7 Å². The zero-order valence-corrected chi connectivity index (χ0v) is 12.8. The van der Waals surface area contributed by atoms with Gasteiger partial charge in [-0.1, -0.05) is 60.1 Å². The van der Waals surface area contributed by atoms with Crippen LogP contribution in [0.4, 0.5) is 10.5 Å². The predicted molar refractivity (Wildman–Crippen MR) is 87.2 cm³/mol. The van der Waals surface area contributed by atoms with E-state index < -0.39 is 11.7 Å². The number of para-hydroxylation sites is 1. The van der Waals surface area contributed by atoms with Crippen LogP contribution in [-0.4, -0.2) is 24.9 Å². The van der Waals surface area contributed by atoms with E-state index in [-0.39, 0.29) is 13.2 Å². The largest absolute Gasteiger partial charge is 0.447 e. The maximum Gasteiger partial charge on any atom is 0.411 e. The van der Waals surface area contributed by atoms with Gasteiger partial charge in [0, 0.05) is 12.1 Å². The number of carbonyl (C=O) groups excluding carboxylic acids is 1. The molecule has 5 heteroatoms. The van der Waals surface area contributed by atoms with Crippen LogP contribution in [0, 0.1) is 0 Å². The average Bonchev–Trinajstić information content (AvgIpc) is 2.53. The van der Waals surface area contributed by atoms with Gasteiger partial charge in [0.1, 0.15) is 12.2 Å². The Bertz CT molecular complexity index is 563. The second kappa shape index (κ2) is 9.07. The van der Waals surface area contributed by atoms with Gasteiger partial charge in [0.15, 0.2) is 0 Å². The number of nitrogens with one attached hydrogen (secondary N) is 1. The number of ether oxygens (including phenoxy) is 2. The fourth-order valence-corrected chi connectivity index (χ4v) is 2.11. The van der Waals surface area contributed by atoms with E-state index in [1.165, 1.54) is 0 Å². The summed E-state index contributed by atoms with van der Waals surface area (Å²) >= 11 is 6.08. The highest BCUT2D eigenvalue weighted by Gasteiger charge is 2.07. The van der Waals surface area contributed by atoms with E-state index in [4.69, 9.17) is 21.1 Å². The lowest BCUT2D eigenvalue weighted by atomic mass is 10.2. The lowest BCUT2D eigenvalue weighted by molar-refractivity contribution is 0.0621. The second-order valence-corrected chi connectivity index (χ2v) is 5.08. The van der Waals surface area contributed by atoms with E-state index in [0.29, 0.717) is 12.1 Å². The number of carbonyl (C=O) groups is 1. The summed E-state index contributed by atoms with van der Waals surface area (Å²) in [7, 11) is 0. The van der Waals surface area contributed by atoms with Gasteiger partial charge in [-0.25, -0.2) is 4.79 Å². The van der Waals surface area contributed by atoms with Gasteiger partial charge in [0.25, 0.3) is 0 Å². The summed E-state index contributed by atoms with van der Waals surface area (Å²) in [6, 6.07) is 18.9. The van der Waals surface area contributed by atoms with Crippen LogP contribution < -0.4 is 5.32 Å². The molecule has 0 heterocycles. The predicted octanol–water partition coefficient (Wildman–Crippen LogP) is 4.06. The molecule has 1 N–H and O–H groups in total. The number of benzene rings is 2. The smallest absolute Gasteiger partial charge is 0.411 e. The molecule has 116 valence electrons. The molecule has 0 spiro atoms. The molecule has 0 radical (unpaired) electrons. The van der Waals surface area contributed by atoms with Crippen LogP contribution in [-0.2, 0) is 15.9 Å². The van der Waals surface area contributed by atoms with Crippen molar-refractivity contribution in [1.29, 1.82) is 0 Å². The molecule has 2 rings (SSSR count). The number of amides is 1. The van der Waals surface area contributed by atoms with E-state index in [1.54, 1.807) is 12.1 Å². The normalized spacial score (nSPS) is 11.7. The Hall–Kier alpha value is -2.04. The van der Waals surface area contributed by atoms with Gasteiger partial charge < -0.3 is 9.47 Å². The monoisotopic (exact) mass is 319 g/mol. The number of halogens is 1.